The van der Waals surface area contributed by atoms with Crippen molar-refractivity contribution in [2.24, 2.45) is 22.5 Å². The second-order valence-corrected chi connectivity index (χ2v) is 6.45. The van der Waals surface area contributed by atoms with E-state index < -0.39 is 45.0 Å². The molecule has 1 aliphatic carbocycles. The number of nitrogens with zero attached hydrogens (tertiary/aromatic N) is 4. The molecule has 1 aliphatic rings. The van der Waals surface area contributed by atoms with Gasteiger partial charge in [0.25, 0.3) is 0 Å². The molecule has 1 fully saturated rings. The first-order valence-corrected chi connectivity index (χ1v) is 8.05. The fourth-order valence-corrected chi connectivity index (χ4v) is 3.83. The zero-order valence-corrected chi connectivity index (χ0v) is 15.0. The largest absolute Gasteiger partial charge is 0.490 e. The summed E-state index contributed by atoms with van der Waals surface area (Å²) < 4.78 is 4.93. The lowest BCUT2D eigenvalue weighted by molar-refractivity contribution is -0.385. The molecular formula is C18H15N5O5. The molecular weight excluding hydrogens is 366 g/mol. The number of nitriles is 3. The molecule has 0 aliphatic heterocycles. The van der Waals surface area contributed by atoms with Crippen molar-refractivity contribution < 1.29 is 19.2 Å². The molecule has 2 N–H and O–H groups in total. The van der Waals surface area contributed by atoms with Crippen LogP contribution < -0.4 is 10.5 Å². The molecule has 1 aromatic rings. The molecule has 10 nitrogen and oxygen atoms in total. The Hall–Kier alpha value is -3.97. The number of ketones is 1. The Morgan fingerprint density at radius 3 is 2.36 bits per heavy atom. The summed E-state index contributed by atoms with van der Waals surface area (Å²) in [6.07, 6.45) is -0.359. The third kappa shape index (κ3) is 2.45. The van der Waals surface area contributed by atoms with Gasteiger partial charge in [0.15, 0.2) is 16.6 Å². The highest BCUT2D eigenvalue weighted by molar-refractivity contribution is 5.97. The first-order chi connectivity index (χ1) is 13.2. The van der Waals surface area contributed by atoms with Crippen molar-refractivity contribution in [1.29, 1.82) is 15.8 Å². The van der Waals surface area contributed by atoms with Gasteiger partial charge in [-0.3, -0.25) is 19.7 Å². The molecule has 0 radical (unpaired) electrons. The Morgan fingerprint density at radius 2 is 1.93 bits per heavy atom. The van der Waals surface area contributed by atoms with E-state index in [1.807, 2.05) is 0 Å². The van der Waals surface area contributed by atoms with Gasteiger partial charge in [-0.2, -0.15) is 15.8 Å². The summed E-state index contributed by atoms with van der Waals surface area (Å²) in [6, 6.07) is 8.79. The van der Waals surface area contributed by atoms with Gasteiger partial charge >= 0.3 is 5.69 Å². The number of primary amides is 1. The lowest BCUT2D eigenvalue weighted by Crippen LogP contribution is -2.60. The predicted octanol–water partition coefficient (Wildman–Crippen LogP) is 1.32. The second kappa shape index (κ2) is 6.98. The van der Waals surface area contributed by atoms with Gasteiger partial charge in [0.05, 0.1) is 30.2 Å². The van der Waals surface area contributed by atoms with Crippen LogP contribution in [0.25, 0.3) is 0 Å². The Bertz CT molecular complexity index is 985. The van der Waals surface area contributed by atoms with Crippen molar-refractivity contribution in [2.75, 3.05) is 7.11 Å². The van der Waals surface area contributed by atoms with Gasteiger partial charge in [-0.05, 0) is 11.6 Å². The summed E-state index contributed by atoms with van der Waals surface area (Å²) in [5.74, 6) is -4.46. The molecule has 3 atom stereocenters. The smallest absolute Gasteiger partial charge is 0.311 e. The molecule has 28 heavy (non-hydrogen) atoms. The fraction of sp³-hybridized carbons (Fsp3) is 0.389. The van der Waals surface area contributed by atoms with Gasteiger partial charge in [-0.25, -0.2) is 0 Å². The Morgan fingerprint density at radius 1 is 1.32 bits per heavy atom. The molecule has 0 heterocycles. The molecule has 3 unspecified atom stereocenters. The van der Waals surface area contributed by atoms with Gasteiger partial charge in [-0.1, -0.05) is 13.0 Å². The molecule has 1 saturated carbocycles. The number of benzene rings is 1. The van der Waals surface area contributed by atoms with E-state index in [0.717, 1.165) is 6.07 Å². The summed E-state index contributed by atoms with van der Waals surface area (Å²) in [5.41, 5.74) is 0.318. The number of rotatable bonds is 4. The molecule has 1 amide bonds. The first kappa shape index (κ1) is 20.3. The first-order valence-electron chi connectivity index (χ1n) is 8.05. The SMILES string of the molecule is COc1ccc(C2CC(=O)C(C)C(C#N)(C(N)=O)C2(C#N)C#N)cc1[N+](=O)[O-]. The summed E-state index contributed by atoms with van der Waals surface area (Å²) in [6.45, 7) is 1.27. The third-order valence-electron chi connectivity index (χ3n) is 5.40. The lowest BCUT2D eigenvalue weighted by Gasteiger charge is -2.46. The van der Waals surface area contributed by atoms with Gasteiger partial charge < -0.3 is 10.5 Å². The van der Waals surface area contributed by atoms with Crippen LogP contribution in [-0.4, -0.2) is 23.7 Å². The summed E-state index contributed by atoms with van der Waals surface area (Å²) >= 11 is 0. The highest BCUT2D eigenvalue weighted by atomic mass is 16.6. The average molecular weight is 381 g/mol. The zero-order chi connectivity index (χ0) is 21.3. The van der Waals surface area contributed by atoms with E-state index in [0.29, 0.717) is 0 Å². The van der Waals surface area contributed by atoms with Crippen LogP contribution >= 0.6 is 0 Å². The summed E-state index contributed by atoms with van der Waals surface area (Å²) in [4.78, 5) is 35.5. The number of hydrogen-bond donors (Lipinski definition) is 1. The predicted molar refractivity (Wildman–Crippen MR) is 92.1 cm³/mol. The number of carbonyl (C=O) groups excluding carboxylic acids is 2. The van der Waals surface area contributed by atoms with Crippen molar-refractivity contribution in [1.82, 2.24) is 0 Å². The number of methoxy groups -OCH3 is 1. The van der Waals surface area contributed by atoms with Crippen LogP contribution in [0.4, 0.5) is 5.69 Å². The van der Waals surface area contributed by atoms with Crippen molar-refractivity contribution in [3.8, 4) is 24.0 Å². The second-order valence-electron chi connectivity index (χ2n) is 6.45. The van der Waals surface area contributed by atoms with Crippen molar-refractivity contribution in [3.05, 3.63) is 33.9 Å². The highest BCUT2D eigenvalue weighted by Gasteiger charge is 2.69. The maximum atomic E-state index is 12.6. The quantitative estimate of drug-likeness (QED) is 0.597. The fourth-order valence-electron chi connectivity index (χ4n) is 3.83. The average Bonchev–Trinajstić information content (AvgIpc) is 2.68. The van der Waals surface area contributed by atoms with Gasteiger partial charge in [0, 0.05) is 24.3 Å². The standard InChI is InChI=1S/C18H15N5O5/c1-10-14(24)6-12(11-3-4-15(28-2)13(5-11)23(26)27)17(7-19,8-20)18(10,9-21)16(22)25/h3-5,10,12H,6H2,1-2H3,(H2,22,25). The minimum Gasteiger partial charge on any atom is -0.490 e. The number of carbonyl (C=O) groups is 2. The number of ether oxygens (including phenoxy) is 1. The maximum Gasteiger partial charge on any atom is 0.311 e. The molecule has 0 bridgehead atoms. The van der Waals surface area contributed by atoms with Crippen molar-refractivity contribution in [2.45, 2.75) is 19.3 Å². The van der Waals surface area contributed by atoms with E-state index in [-0.39, 0.29) is 17.7 Å². The monoisotopic (exact) mass is 381 g/mol. The normalized spacial score (nSPS) is 25.6. The van der Waals surface area contributed by atoms with Crippen molar-refractivity contribution in [3.63, 3.8) is 0 Å². The van der Waals surface area contributed by atoms with E-state index in [2.05, 4.69) is 0 Å². The van der Waals surface area contributed by atoms with Crippen LogP contribution in [0.5, 0.6) is 5.75 Å². The maximum absolute atomic E-state index is 12.6. The number of amides is 1. The number of nitro benzene ring substituents is 1. The van der Waals surface area contributed by atoms with Crippen LogP contribution in [0.3, 0.4) is 0 Å². The van der Waals surface area contributed by atoms with Crippen LogP contribution in [0, 0.1) is 60.9 Å². The van der Waals surface area contributed by atoms with Crippen molar-refractivity contribution >= 4 is 17.4 Å². The van der Waals surface area contributed by atoms with E-state index >= 15 is 0 Å². The molecule has 142 valence electrons. The highest BCUT2D eigenvalue weighted by Crippen LogP contribution is 2.58. The van der Waals surface area contributed by atoms with E-state index in [9.17, 15) is 35.5 Å². The molecule has 0 spiro atoms. The number of nitro groups is 1. The molecule has 0 saturated heterocycles. The molecule has 10 heteroatoms. The van der Waals surface area contributed by atoms with Gasteiger partial charge in [0.1, 0.15) is 5.78 Å². The van der Waals surface area contributed by atoms with E-state index in [1.165, 1.54) is 26.2 Å². The topological polar surface area (TPSA) is 184 Å². The van der Waals surface area contributed by atoms with Crippen LogP contribution in [0.15, 0.2) is 18.2 Å². The number of hydrogen-bond acceptors (Lipinski definition) is 8. The Balaban J connectivity index is 2.86. The lowest BCUT2D eigenvalue weighted by atomic mass is 9.47. The minimum absolute atomic E-state index is 0.0646. The molecule has 0 aromatic heterocycles. The van der Waals surface area contributed by atoms with E-state index in [4.69, 9.17) is 10.5 Å². The van der Waals surface area contributed by atoms with Gasteiger partial charge in [0.2, 0.25) is 5.91 Å². The Kier molecular flexibility index (Phi) is 5.07. The number of Topliss-reactive ketones (excluding diaryl/α,β-unsaturated/α-hetero) is 1. The van der Waals surface area contributed by atoms with E-state index in [1.54, 1.807) is 18.2 Å². The van der Waals surface area contributed by atoms with Crippen LogP contribution in [0.1, 0.15) is 24.8 Å². The van der Waals surface area contributed by atoms with Crippen LogP contribution in [0.2, 0.25) is 0 Å². The zero-order valence-electron chi connectivity index (χ0n) is 15.0. The van der Waals surface area contributed by atoms with Crippen LogP contribution in [-0.2, 0) is 9.59 Å². The number of nitrogens with two attached hydrogens (primary N) is 1. The minimum atomic E-state index is -2.41. The molecule has 1 aromatic carbocycles. The Labute approximate surface area is 159 Å². The summed E-state index contributed by atoms with van der Waals surface area (Å²) in [7, 11) is 1.23. The third-order valence-corrected chi connectivity index (χ3v) is 5.40. The molecule has 2 rings (SSSR count). The summed E-state index contributed by atoms with van der Waals surface area (Å²) in [5, 5.41) is 40.8. The van der Waals surface area contributed by atoms with Gasteiger partial charge in [-0.15, -0.1) is 0 Å².